The van der Waals surface area contributed by atoms with Crippen molar-refractivity contribution in [2.24, 2.45) is 4.99 Å². The largest absolute Gasteiger partial charge is 0.493 e. The Morgan fingerprint density at radius 2 is 1.96 bits per heavy atom. The van der Waals surface area contributed by atoms with Gasteiger partial charge in [-0.1, -0.05) is 17.4 Å². The molecule has 5 nitrogen and oxygen atoms in total. The van der Waals surface area contributed by atoms with Crippen LogP contribution in [0.2, 0.25) is 0 Å². The van der Waals surface area contributed by atoms with Crippen molar-refractivity contribution in [3.05, 3.63) is 52.6 Å². The molecular formula is C18H17FN2O3S. The number of hydrogen-bond donors (Lipinski definition) is 0. The van der Waals surface area contributed by atoms with Gasteiger partial charge in [0.15, 0.2) is 16.3 Å². The van der Waals surface area contributed by atoms with Crippen LogP contribution in [0.25, 0.3) is 10.2 Å². The average molecular weight is 360 g/mol. The van der Waals surface area contributed by atoms with Crippen molar-refractivity contribution < 1.29 is 18.7 Å². The highest BCUT2D eigenvalue weighted by molar-refractivity contribution is 7.16. The summed E-state index contributed by atoms with van der Waals surface area (Å²) in [4.78, 5) is 17.2. The highest BCUT2D eigenvalue weighted by Crippen LogP contribution is 2.28. The molecule has 0 aliphatic heterocycles. The van der Waals surface area contributed by atoms with Crippen LogP contribution in [0.4, 0.5) is 4.39 Å². The molecule has 1 amide bonds. The molecule has 3 rings (SSSR count). The highest BCUT2D eigenvalue weighted by atomic mass is 32.1. The number of benzene rings is 2. The summed E-state index contributed by atoms with van der Waals surface area (Å²) >= 11 is 1.28. The lowest BCUT2D eigenvalue weighted by molar-refractivity contribution is 0.0997. The third-order valence-electron chi connectivity index (χ3n) is 3.80. The second-order valence-corrected chi connectivity index (χ2v) is 6.21. The van der Waals surface area contributed by atoms with Gasteiger partial charge in [-0.25, -0.2) is 4.39 Å². The molecule has 7 heteroatoms. The number of carbonyl (C=O) groups excluding carboxylic acids is 1. The molecule has 0 N–H and O–H groups in total. The van der Waals surface area contributed by atoms with Crippen molar-refractivity contribution >= 4 is 27.5 Å². The second-order valence-electron chi connectivity index (χ2n) is 5.20. The Balaban J connectivity index is 2.10. The first-order valence-corrected chi connectivity index (χ1v) is 8.49. The van der Waals surface area contributed by atoms with Crippen LogP contribution in [0.1, 0.15) is 17.3 Å². The number of halogens is 1. The zero-order valence-electron chi connectivity index (χ0n) is 14.1. The lowest BCUT2D eigenvalue weighted by atomic mass is 10.2. The zero-order chi connectivity index (χ0) is 18.0. The Labute approximate surface area is 148 Å². The van der Waals surface area contributed by atoms with Crippen molar-refractivity contribution in [1.82, 2.24) is 4.57 Å². The van der Waals surface area contributed by atoms with Gasteiger partial charge < -0.3 is 14.0 Å². The van der Waals surface area contributed by atoms with Crippen LogP contribution in [0.15, 0.2) is 41.4 Å². The van der Waals surface area contributed by atoms with E-state index >= 15 is 0 Å². The minimum atomic E-state index is -0.421. The normalized spacial score (nSPS) is 11.8. The molecule has 0 spiro atoms. The number of fused-ring (bicyclic) bond motifs is 1. The predicted molar refractivity (Wildman–Crippen MR) is 94.9 cm³/mol. The summed E-state index contributed by atoms with van der Waals surface area (Å²) in [6.45, 7) is 2.40. The molecule has 25 heavy (non-hydrogen) atoms. The molecule has 0 saturated carbocycles. The van der Waals surface area contributed by atoms with Crippen LogP contribution in [0.3, 0.4) is 0 Å². The van der Waals surface area contributed by atoms with Crippen molar-refractivity contribution in [3.8, 4) is 11.5 Å². The number of amides is 1. The van der Waals surface area contributed by atoms with E-state index in [-0.39, 0.29) is 5.82 Å². The van der Waals surface area contributed by atoms with Crippen molar-refractivity contribution in [2.75, 3.05) is 14.2 Å². The van der Waals surface area contributed by atoms with Gasteiger partial charge in [-0.3, -0.25) is 4.79 Å². The van der Waals surface area contributed by atoms with Crippen LogP contribution >= 0.6 is 11.3 Å². The number of carbonyl (C=O) groups is 1. The maximum Gasteiger partial charge on any atom is 0.279 e. The third-order valence-corrected chi connectivity index (χ3v) is 4.84. The van der Waals surface area contributed by atoms with Gasteiger partial charge in [-0.15, -0.1) is 0 Å². The standard InChI is InChI=1S/C18H17FN2O3S/c1-4-21-16-12(19)6-5-7-15(16)25-18(21)20-17(22)11-8-9-13(23-2)14(10-11)24-3/h5-10H,4H2,1-3H3. The Hall–Kier alpha value is -2.67. The number of hydrogen-bond acceptors (Lipinski definition) is 4. The molecule has 0 atom stereocenters. The summed E-state index contributed by atoms with van der Waals surface area (Å²) in [5, 5.41) is 0. The van der Waals surface area contributed by atoms with Gasteiger partial charge in [0.2, 0.25) is 0 Å². The number of nitrogens with zero attached hydrogens (tertiary/aromatic N) is 2. The van der Waals surface area contributed by atoms with Gasteiger partial charge in [0.05, 0.1) is 24.4 Å². The van der Waals surface area contributed by atoms with E-state index in [4.69, 9.17) is 9.47 Å². The van der Waals surface area contributed by atoms with E-state index in [1.165, 1.54) is 31.6 Å². The molecule has 3 aromatic rings. The first-order chi connectivity index (χ1) is 12.1. The quantitative estimate of drug-likeness (QED) is 0.714. The molecule has 0 aliphatic carbocycles. The van der Waals surface area contributed by atoms with E-state index in [1.807, 2.05) is 13.0 Å². The molecule has 0 saturated heterocycles. The van der Waals surface area contributed by atoms with Crippen LogP contribution in [0.5, 0.6) is 11.5 Å². The molecule has 1 aromatic heterocycles. The van der Waals surface area contributed by atoms with Gasteiger partial charge in [0, 0.05) is 12.1 Å². The van der Waals surface area contributed by atoms with Gasteiger partial charge in [-0.05, 0) is 37.3 Å². The minimum Gasteiger partial charge on any atom is -0.493 e. The van der Waals surface area contributed by atoms with Crippen LogP contribution in [-0.4, -0.2) is 24.7 Å². The Bertz CT molecular complexity index is 1010. The van der Waals surface area contributed by atoms with Crippen LogP contribution in [0, 0.1) is 5.82 Å². The molecule has 0 aliphatic rings. The maximum atomic E-state index is 14.1. The summed E-state index contributed by atoms with van der Waals surface area (Å²) in [6, 6.07) is 9.72. The van der Waals surface area contributed by atoms with E-state index in [2.05, 4.69) is 4.99 Å². The van der Waals surface area contributed by atoms with Gasteiger partial charge in [-0.2, -0.15) is 4.99 Å². The molecule has 2 aromatic carbocycles. The summed E-state index contributed by atoms with van der Waals surface area (Å²) in [7, 11) is 3.03. The Kier molecular flexibility index (Phi) is 4.85. The van der Waals surface area contributed by atoms with Crippen LogP contribution < -0.4 is 14.3 Å². The molecule has 0 unspecified atom stereocenters. The van der Waals surface area contributed by atoms with Crippen molar-refractivity contribution in [3.63, 3.8) is 0 Å². The average Bonchev–Trinajstić information content (AvgIpc) is 2.99. The van der Waals surface area contributed by atoms with Gasteiger partial charge in [0.1, 0.15) is 5.82 Å². The summed E-state index contributed by atoms with van der Waals surface area (Å²) < 4.78 is 27.0. The summed E-state index contributed by atoms with van der Waals surface area (Å²) in [6.07, 6.45) is 0. The molecular weight excluding hydrogens is 343 g/mol. The molecule has 130 valence electrons. The molecule has 0 radical (unpaired) electrons. The molecule has 1 heterocycles. The van der Waals surface area contributed by atoms with Gasteiger partial charge in [0.25, 0.3) is 5.91 Å². The second kappa shape index (κ2) is 7.06. The summed E-state index contributed by atoms with van der Waals surface area (Å²) in [5.74, 6) is 0.242. The monoisotopic (exact) mass is 360 g/mol. The fraction of sp³-hybridized carbons (Fsp3) is 0.222. The van der Waals surface area contributed by atoms with E-state index in [0.717, 1.165) is 4.70 Å². The number of methoxy groups -OCH3 is 2. The molecule has 0 bridgehead atoms. The lowest BCUT2D eigenvalue weighted by Gasteiger charge is -2.07. The fourth-order valence-corrected chi connectivity index (χ4v) is 3.69. The fourth-order valence-electron chi connectivity index (χ4n) is 2.59. The lowest BCUT2D eigenvalue weighted by Crippen LogP contribution is -2.16. The van der Waals surface area contributed by atoms with Gasteiger partial charge >= 0.3 is 0 Å². The first-order valence-electron chi connectivity index (χ1n) is 7.68. The first kappa shape index (κ1) is 17.2. The summed E-state index contributed by atoms with van der Waals surface area (Å²) in [5.41, 5.74) is 0.840. The minimum absolute atomic E-state index is 0.324. The smallest absolute Gasteiger partial charge is 0.279 e. The van der Waals surface area contributed by atoms with E-state index in [0.29, 0.717) is 33.9 Å². The number of ether oxygens (including phenoxy) is 2. The van der Waals surface area contributed by atoms with E-state index < -0.39 is 5.91 Å². The Morgan fingerprint density at radius 3 is 2.64 bits per heavy atom. The topological polar surface area (TPSA) is 52.8 Å². The predicted octanol–water partition coefficient (Wildman–Crippen LogP) is 3.62. The number of aromatic nitrogens is 1. The van der Waals surface area contributed by atoms with Crippen molar-refractivity contribution in [1.29, 1.82) is 0 Å². The van der Waals surface area contributed by atoms with Crippen LogP contribution in [-0.2, 0) is 6.54 Å². The number of thiazole rings is 1. The maximum absolute atomic E-state index is 14.1. The Morgan fingerprint density at radius 1 is 1.20 bits per heavy atom. The van der Waals surface area contributed by atoms with E-state index in [9.17, 15) is 9.18 Å². The van der Waals surface area contributed by atoms with Crippen molar-refractivity contribution in [2.45, 2.75) is 13.5 Å². The number of para-hydroxylation sites is 1. The zero-order valence-corrected chi connectivity index (χ0v) is 14.9. The SMILES string of the molecule is CCn1c(=NC(=O)c2ccc(OC)c(OC)c2)sc2cccc(F)c21. The molecule has 0 fully saturated rings. The third kappa shape index (κ3) is 3.15. The van der Waals surface area contributed by atoms with E-state index in [1.54, 1.807) is 28.8 Å². The highest BCUT2D eigenvalue weighted by Gasteiger charge is 2.13. The number of rotatable bonds is 4. The number of aryl methyl sites for hydroxylation is 1.